The van der Waals surface area contributed by atoms with Crippen molar-refractivity contribution in [1.29, 1.82) is 0 Å². The molecule has 2 rings (SSSR count). The van der Waals surface area contributed by atoms with E-state index in [1.165, 1.54) is 16.5 Å². The highest BCUT2D eigenvalue weighted by atomic mass is 15.0. The van der Waals surface area contributed by atoms with E-state index in [0.717, 1.165) is 17.9 Å². The van der Waals surface area contributed by atoms with E-state index in [1.54, 1.807) is 0 Å². The number of rotatable bonds is 2. The summed E-state index contributed by atoms with van der Waals surface area (Å²) in [7, 11) is 0. The number of anilines is 1. The van der Waals surface area contributed by atoms with Gasteiger partial charge in [-0.15, -0.1) is 0 Å². The van der Waals surface area contributed by atoms with E-state index in [9.17, 15) is 0 Å². The van der Waals surface area contributed by atoms with Crippen LogP contribution in [0, 0.1) is 6.92 Å². The van der Waals surface area contributed by atoms with E-state index in [-0.39, 0.29) is 5.41 Å². The van der Waals surface area contributed by atoms with E-state index < -0.39 is 0 Å². The number of aromatic nitrogens is 1. The topological polar surface area (TPSA) is 24.9 Å². The summed E-state index contributed by atoms with van der Waals surface area (Å²) >= 11 is 0. The molecule has 0 bridgehead atoms. The molecule has 0 saturated carbocycles. The van der Waals surface area contributed by atoms with Gasteiger partial charge in [0.2, 0.25) is 0 Å². The van der Waals surface area contributed by atoms with Crippen molar-refractivity contribution in [2.24, 2.45) is 0 Å². The van der Waals surface area contributed by atoms with Crippen molar-refractivity contribution in [3.8, 4) is 0 Å². The molecule has 0 aliphatic rings. The fourth-order valence-electron chi connectivity index (χ4n) is 2.17. The Morgan fingerprint density at radius 2 is 1.89 bits per heavy atom. The van der Waals surface area contributed by atoms with Gasteiger partial charge in [-0.05, 0) is 37.5 Å². The molecule has 0 aliphatic carbocycles. The van der Waals surface area contributed by atoms with Crippen molar-refractivity contribution in [3.63, 3.8) is 0 Å². The lowest BCUT2D eigenvalue weighted by atomic mass is 9.86. The van der Waals surface area contributed by atoms with Crippen LogP contribution in [0.1, 0.15) is 38.8 Å². The molecular weight excluding hydrogens is 220 g/mol. The van der Waals surface area contributed by atoms with Crippen LogP contribution in [0.15, 0.2) is 24.3 Å². The molecule has 1 aromatic heterocycles. The Bertz CT molecular complexity index is 565. The molecule has 0 aliphatic heterocycles. The summed E-state index contributed by atoms with van der Waals surface area (Å²) in [6.07, 6.45) is 0. The highest BCUT2D eigenvalue weighted by molar-refractivity contribution is 5.82. The van der Waals surface area contributed by atoms with Gasteiger partial charge >= 0.3 is 0 Å². The molecule has 0 spiro atoms. The Morgan fingerprint density at radius 3 is 2.50 bits per heavy atom. The number of nitrogens with one attached hydrogen (secondary N) is 1. The third-order valence-electron chi connectivity index (χ3n) is 3.12. The van der Waals surface area contributed by atoms with Crippen LogP contribution in [-0.4, -0.2) is 11.5 Å². The predicted octanol–water partition coefficient (Wildman–Crippen LogP) is 4.27. The lowest BCUT2D eigenvalue weighted by molar-refractivity contribution is 0.590. The number of hydrogen-bond acceptors (Lipinski definition) is 2. The van der Waals surface area contributed by atoms with E-state index >= 15 is 0 Å². The zero-order valence-electron chi connectivity index (χ0n) is 12.0. The summed E-state index contributed by atoms with van der Waals surface area (Å²) in [4.78, 5) is 4.76. The first-order valence-electron chi connectivity index (χ1n) is 6.57. The minimum absolute atomic E-state index is 0.0996. The fourth-order valence-corrected chi connectivity index (χ4v) is 2.17. The Labute approximate surface area is 109 Å². The number of nitrogens with zero attached hydrogens (tertiary/aromatic N) is 1. The third kappa shape index (κ3) is 2.47. The van der Waals surface area contributed by atoms with Gasteiger partial charge in [-0.25, -0.2) is 4.98 Å². The second kappa shape index (κ2) is 4.60. The molecule has 0 unspecified atom stereocenters. The Balaban J connectivity index is 2.69. The quantitative estimate of drug-likeness (QED) is 0.850. The average molecular weight is 242 g/mol. The molecule has 96 valence electrons. The van der Waals surface area contributed by atoms with Crippen molar-refractivity contribution in [1.82, 2.24) is 4.98 Å². The van der Waals surface area contributed by atoms with Crippen LogP contribution in [0.2, 0.25) is 0 Å². The molecule has 1 heterocycles. The van der Waals surface area contributed by atoms with Crippen LogP contribution in [0.3, 0.4) is 0 Å². The largest absolute Gasteiger partial charge is 0.370 e. The molecule has 2 heteroatoms. The molecule has 1 N–H and O–H groups in total. The highest BCUT2D eigenvalue weighted by Gasteiger charge is 2.19. The van der Waals surface area contributed by atoms with Crippen molar-refractivity contribution in [2.45, 2.75) is 40.0 Å². The van der Waals surface area contributed by atoms with Crippen molar-refractivity contribution >= 4 is 16.7 Å². The molecule has 1 aromatic carbocycles. The summed E-state index contributed by atoms with van der Waals surface area (Å²) in [6, 6.07) is 8.68. The molecule has 0 radical (unpaired) electrons. The van der Waals surface area contributed by atoms with E-state index in [2.05, 4.69) is 64.2 Å². The number of fused-ring (bicyclic) bond motifs is 1. The number of pyridine rings is 1. The van der Waals surface area contributed by atoms with E-state index in [4.69, 9.17) is 4.98 Å². The van der Waals surface area contributed by atoms with Crippen molar-refractivity contribution < 1.29 is 0 Å². The van der Waals surface area contributed by atoms with Gasteiger partial charge in [0.1, 0.15) is 5.82 Å². The second-order valence-electron chi connectivity index (χ2n) is 5.86. The zero-order valence-corrected chi connectivity index (χ0v) is 12.0. The number of aryl methyl sites for hydroxylation is 1. The summed E-state index contributed by atoms with van der Waals surface area (Å²) in [5.74, 6) is 1.02. The first-order chi connectivity index (χ1) is 8.41. The molecular formula is C16H22N2. The van der Waals surface area contributed by atoms with Gasteiger partial charge in [0, 0.05) is 17.5 Å². The maximum Gasteiger partial charge on any atom is 0.130 e. The summed E-state index contributed by atoms with van der Waals surface area (Å²) in [5.41, 5.74) is 3.72. The maximum atomic E-state index is 4.76. The second-order valence-corrected chi connectivity index (χ2v) is 5.86. The lowest BCUT2D eigenvalue weighted by Gasteiger charge is -2.23. The molecule has 2 nitrogen and oxygen atoms in total. The molecule has 0 fully saturated rings. The van der Waals surface area contributed by atoms with Crippen LogP contribution in [0.25, 0.3) is 10.9 Å². The lowest BCUT2D eigenvalue weighted by Crippen LogP contribution is -2.16. The van der Waals surface area contributed by atoms with Crippen LogP contribution in [-0.2, 0) is 5.41 Å². The minimum Gasteiger partial charge on any atom is -0.370 e. The van der Waals surface area contributed by atoms with Gasteiger partial charge in [0.25, 0.3) is 0 Å². The number of benzene rings is 1. The fraction of sp³-hybridized carbons (Fsp3) is 0.438. The zero-order chi connectivity index (χ0) is 13.3. The molecule has 0 amide bonds. The molecule has 18 heavy (non-hydrogen) atoms. The molecule has 2 aromatic rings. The molecule has 0 atom stereocenters. The Morgan fingerprint density at radius 1 is 1.17 bits per heavy atom. The average Bonchev–Trinajstić information content (AvgIpc) is 2.27. The maximum absolute atomic E-state index is 4.76. The number of hydrogen-bond donors (Lipinski definition) is 1. The molecule has 0 saturated heterocycles. The van der Waals surface area contributed by atoms with Gasteiger partial charge in [0.05, 0.1) is 5.52 Å². The van der Waals surface area contributed by atoms with Crippen LogP contribution in [0.4, 0.5) is 5.82 Å². The van der Waals surface area contributed by atoms with Gasteiger partial charge < -0.3 is 5.32 Å². The standard InChI is InChI=1S/C16H22N2/c1-6-17-15-13(16(3,4)5)10-12-9-11(2)7-8-14(12)18-15/h7-10H,6H2,1-5H3,(H,17,18). The summed E-state index contributed by atoms with van der Waals surface area (Å²) in [6.45, 7) is 11.8. The normalized spacial score (nSPS) is 11.8. The summed E-state index contributed by atoms with van der Waals surface area (Å²) < 4.78 is 0. The van der Waals surface area contributed by atoms with Crippen LogP contribution in [0.5, 0.6) is 0 Å². The van der Waals surface area contributed by atoms with E-state index in [1.807, 2.05) is 0 Å². The monoisotopic (exact) mass is 242 g/mol. The van der Waals surface area contributed by atoms with Crippen LogP contribution < -0.4 is 5.32 Å². The van der Waals surface area contributed by atoms with Gasteiger partial charge in [-0.2, -0.15) is 0 Å². The van der Waals surface area contributed by atoms with Gasteiger partial charge in [-0.3, -0.25) is 0 Å². The predicted molar refractivity (Wildman–Crippen MR) is 79.3 cm³/mol. The summed E-state index contributed by atoms with van der Waals surface area (Å²) in [5, 5.41) is 4.60. The van der Waals surface area contributed by atoms with Gasteiger partial charge in [0.15, 0.2) is 0 Å². The first-order valence-corrected chi connectivity index (χ1v) is 6.57. The van der Waals surface area contributed by atoms with Crippen LogP contribution >= 0.6 is 0 Å². The SMILES string of the molecule is CCNc1nc2ccc(C)cc2cc1C(C)(C)C. The first kappa shape index (κ1) is 12.9. The third-order valence-corrected chi connectivity index (χ3v) is 3.12. The van der Waals surface area contributed by atoms with E-state index in [0.29, 0.717) is 0 Å². The van der Waals surface area contributed by atoms with Gasteiger partial charge in [-0.1, -0.05) is 32.4 Å². The Hall–Kier alpha value is -1.57. The smallest absolute Gasteiger partial charge is 0.130 e. The highest BCUT2D eigenvalue weighted by Crippen LogP contribution is 2.31. The minimum atomic E-state index is 0.0996. The van der Waals surface area contributed by atoms with Crippen molar-refractivity contribution in [3.05, 3.63) is 35.4 Å². The van der Waals surface area contributed by atoms with Crippen molar-refractivity contribution in [2.75, 3.05) is 11.9 Å². The Kier molecular flexibility index (Phi) is 3.29.